The summed E-state index contributed by atoms with van der Waals surface area (Å²) in [5.74, 6) is -0.634. The quantitative estimate of drug-likeness (QED) is 0.339. The fourth-order valence-corrected chi connectivity index (χ4v) is 3.85. The van der Waals surface area contributed by atoms with Crippen molar-refractivity contribution in [3.63, 3.8) is 0 Å². The van der Waals surface area contributed by atoms with Crippen molar-refractivity contribution in [1.82, 2.24) is 0 Å². The normalized spacial score (nSPS) is 10.6. The molecule has 0 saturated carbocycles. The SMILES string of the molecule is Cc1ccc(C(=O)N(Cc2ccc(F)cc2)c2cccc(CC(=O)Nc3cccc(C)c3)c2)cc1. The molecule has 35 heavy (non-hydrogen) atoms. The molecule has 4 rings (SSSR count). The van der Waals surface area contributed by atoms with Crippen molar-refractivity contribution < 1.29 is 14.0 Å². The van der Waals surface area contributed by atoms with E-state index < -0.39 is 0 Å². The summed E-state index contributed by atoms with van der Waals surface area (Å²) in [6, 6.07) is 28.5. The van der Waals surface area contributed by atoms with E-state index in [1.54, 1.807) is 29.2 Å². The number of anilines is 2. The molecule has 0 aliphatic carbocycles. The minimum absolute atomic E-state index is 0.136. The van der Waals surface area contributed by atoms with Crippen LogP contribution in [0, 0.1) is 19.7 Å². The van der Waals surface area contributed by atoms with Crippen molar-refractivity contribution in [2.45, 2.75) is 26.8 Å². The van der Waals surface area contributed by atoms with Crippen molar-refractivity contribution in [3.05, 3.63) is 131 Å². The molecule has 0 saturated heterocycles. The van der Waals surface area contributed by atoms with Gasteiger partial charge in [-0.05, 0) is 79.1 Å². The van der Waals surface area contributed by atoms with Crippen LogP contribution in [0.2, 0.25) is 0 Å². The van der Waals surface area contributed by atoms with E-state index in [9.17, 15) is 14.0 Å². The number of amides is 2. The van der Waals surface area contributed by atoms with Crippen LogP contribution < -0.4 is 10.2 Å². The fourth-order valence-electron chi connectivity index (χ4n) is 3.85. The lowest BCUT2D eigenvalue weighted by molar-refractivity contribution is -0.115. The molecule has 0 aliphatic heterocycles. The van der Waals surface area contributed by atoms with Gasteiger partial charge in [0.1, 0.15) is 5.82 Å². The summed E-state index contributed by atoms with van der Waals surface area (Å²) >= 11 is 0. The molecule has 0 radical (unpaired) electrons. The zero-order valence-corrected chi connectivity index (χ0v) is 19.8. The zero-order chi connectivity index (χ0) is 24.8. The summed E-state index contributed by atoms with van der Waals surface area (Å²) in [7, 11) is 0. The van der Waals surface area contributed by atoms with Crippen LogP contribution in [0.4, 0.5) is 15.8 Å². The van der Waals surface area contributed by atoms with E-state index in [1.165, 1.54) is 12.1 Å². The third kappa shape index (κ3) is 6.42. The number of aryl methyl sites for hydroxylation is 2. The van der Waals surface area contributed by atoms with Crippen LogP contribution >= 0.6 is 0 Å². The third-order valence-corrected chi connectivity index (χ3v) is 5.69. The van der Waals surface area contributed by atoms with E-state index in [0.29, 0.717) is 11.3 Å². The van der Waals surface area contributed by atoms with Crippen LogP contribution in [0.15, 0.2) is 97.1 Å². The number of carbonyl (C=O) groups excluding carboxylic acids is 2. The number of rotatable bonds is 7. The van der Waals surface area contributed by atoms with Crippen molar-refractivity contribution in [2.24, 2.45) is 0 Å². The van der Waals surface area contributed by atoms with Gasteiger partial charge in [-0.15, -0.1) is 0 Å². The minimum Gasteiger partial charge on any atom is -0.326 e. The van der Waals surface area contributed by atoms with E-state index in [0.717, 1.165) is 27.9 Å². The Kier molecular flexibility index (Phi) is 7.36. The number of carbonyl (C=O) groups is 2. The number of nitrogens with one attached hydrogen (secondary N) is 1. The van der Waals surface area contributed by atoms with Gasteiger partial charge in [-0.1, -0.05) is 54.1 Å². The summed E-state index contributed by atoms with van der Waals surface area (Å²) in [5.41, 5.74) is 5.69. The molecule has 1 N–H and O–H groups in total. The standard InChI is InChI=1S/C30H27FN2O2/c1-21-9-13-25(14-10-21)30(35)33(20-23-11-15-26(31)16-12-23)28-8-4-6-24(18-28)19-29(34)32-27-7-3-5-22(2)17-27/h3-18H,19-20H2,1-2H3,(H,32,34). The maximum Gasteiger partial charge on any atom is 0.258 e. The van der Waals surface area contributed by atoms with Gasteiger partial charge in [-0.2, -0.15) is 0 Å². The van der Waals surface area contributed by atoms with Crippen LogP contribution in [0.1, 0.15) is 32.6 Å². The molecule has 4 aromatic rings. The van der Waals surface area contributed by atoms with Gasteiger partial charge in [0, 0.05) is 16.9 Å². The number of hydrogen-bond donors (Lipinski definition) is 1. The Morgan fingerprint density at radius 3 is 2.20 bits per heavy atom. The summed E-state index contributed by atoms with van der Waals surface area (Å²) in [6.45, 7) is 4.21. The number of halogens is 1. The highest BCUT2D eigenvalue weighted by Gasteiger charge is 2.19. The Morgan fingerprint density at radius 2 is 1.49 bits per heavy atom. The zero-order valence-electron chi connectivity index (χ0n) is 19.8. The van der Waals surface area contributed by atoms with Gasteiger partial charge in [0.25, 0.3) is 5.91 Å². The molecule has 0 aromatic heterocycles. The minimum atomic E-state index is -0.327. The molecule has 0 unspecified atom stereocenters. The van der Waals surface area contributed by atoms with E-state index in [1.807, 2.05) is 74.5 Å². The van der Waals surface area contributed by atoms with Gasteiger partial charge in [0.15, 0.2) is 0 Å². The average Bonchev–Trinajstić information content (AvgIpc) is 2.84. The molecular formula is C30H27FN2O2. The highest BCUT2D eigenvalue weighted by Crippen LogP contribution is 2.23. The highest BCUT2D eigenvalue weighted by atomic mass is 19.1. The Bertz CT molecular complexity index is 1330. The van der Waals surface area contributed by atoms with Crippen LogP contribution in [-0.2, 0) is 17.8 Å². The Balaban J connectivity index is 1.59. The lowest BCUT2D eigenvalue weighted by Gasteiger charge is -2.24. The van der Waals surface area contributed by atoms with Gasteiger partial charge in [0.2, 0.25) is 5.91 Å². The Hall–Kier alpha value is -4.25. The number of hydrogen-bond acceptors (Lipinski definition) is 2. The van der Waals surface area contributed by atoms with Crippen LogP contribution in [-0.4, -0.2) is 11.8 Å². The van der Waals surface area contributed by atoms with Gasteiger partial charge < -0.3 is 10.2 Å². The van der Waals surface area contributed by atoms with Gasteiger partial charge in [-0.25, -0.2) is 4.39 Å². The highest BCUT2D eigenvalue weighted by molar-refractivity contribution is 6.06. The molecule has 0 aliphatic rings. The fraction of sp³-hybridized carbons (Fsp3) is 0.133. The molecule has 4 aromatic carbocycles. The first-order chi connectivity index (χ1) is 16.9. The second-order valence-electron chi connectivity index (χ2n) is 8.65. The molecule has 0 bridgehead atoms. The molecule has 0 fully saturated rings. The molecule has 0 heterocycles. The number of benzene rings is 4. The smallest absolute Gasteiger partial charge is 0.258 e. The second kappa shape index (κ2) is 10.8. The van der Waals surface area contributed by atoms with E-state index in [-0.39, 0.29) is 30.6 Å². The first-order valence-corrected chi connectivity index (χ1v) is 11.5. The molecule has 0 atom stereocenters. The van der Waals surface area contributed by atoms with Gasteiger partial charge in [0.05, 0.1) is 13.0 Å². The van der Waals surface area contributed by atoms with Crippen molar-refractivity contribution in [2.75, 3.05) is 10.2 Å². The average molecular weight is 467 g/mol. The van der Waals surface area contributed by atoms with Gasteiger partial charge in [-0.3, -0.25) is 9.59 Å². The lowest BCUT2D eigenvalue weighted by atomic mass is 10.1. The largest absolute Gasteiger partial charge is 0.326 e. The molecule has 4 nitrogen and oxygen atoms in total. The number of nitrogens with zero attached hydrogens (tertiary/aromatic N) is 1. The Morgan fingerprint density at radius 1 is 0.771 bits per heavy atom. The monoisotopic (exact) mass is 466 g/mol. The van der Waals surface area contributed by atoms with E-state index in [4.69, 9.17) is 0 Å². The summed E-state index contributed by atoms with van der Waals surface area (Å²) in [6.07, 6.45) is 0.172. The van der Waals surface area contributed by atoms with E-state index >= 15 is 0 Å². The summed E-state index contributed by atoms with van der Waals surface area (Å²) < 4.78 is 13.4. The van der Waals surface area contributed by atoms with Crippen molar-refractivity contribution in [3.8, 4) is 0 Å². The van der Waals surface area contributed by atoms with Crippen molar-refractivity contribution >= 4 is 23.2 Å². The molecule has 2 amide bonds. The molecular weight excluding hydrogens is 439 g/mol. The predicted octanol–water partition coefficient (Wildman–Crippen LogP) is 6.47. The molecule has 0 spiro atoms. The topological polar surface area (TPSA) is 49.4 Å². The first kappa shape index (κ1) is 23.9. The second-order valence-corrected chi connectivity index (χ2v) is 8.65. The lowest BCUT2D eigenvalue weighted by Crippen LogP contribution is -2.30. The Labute approximate surface area is 205 Å². The molecule has 176 valence electrons. The van der Waals surface area contributed by atoms with Crippen LogP contribution in [0.3, 0.4) is 0 Å². The van der Waals surface area contributed by atoms with Crippen molar-refractivity contribution in [1.29, 1.82) is 0 Å². The third-order valence-electron chi connectivity index (χ3n) is 5.69. The first-order valence-electron chi connectivity index (χ1n) is 11.5. The van der Waals surface area contributed by atoms with Crippen LogP contribution in [0.25, 0.3) is 0 Å². The summed E-state index contributed by atoms with van der Waals surface area (Å²) in [4.78, 5) is 27.8. The molecule has 5 heteroatoms. The maximum absolute atomic E-state index is 13.5. The summed E-state index contributed by atoms with van der Waals surface area (Å²) in [5, 5.41) is 2.92. The van der Waals surface area contributed by atoms with Crippen LogP contribution in [0.5, 0.6) is 0 Å². The predicted molar refractivity (Wildman–Crippen MR) is 138 cm³/mol. The van der Waals surface area contributed by atoms with Gasteiger partial charge >= 0.3 is 0 Å². The maximum atomic E-state index is 13.5. The van der Waals surface area contributed by atoms with E-state index in [2.05, 4.69) is 5.32 Å².